The van der Waals surface area contributed by atoms with Crippen LogP contribution in [0.1, 0.15) is 11.4 Å². The van der Waals surface area contributed by atoms with Crippen molar-refractivity contribution in [3.8, 4) is 5.75 Å². The molecule has 0 saturated carbocycles. The molecule has 0 bridgehead atoms. The molecule has 2 aromatic rings. The summed E-state index contributed by atoms with van der Waals surface area (Å²) < 4.78 is 5.47. The van der Waals surface area contributed by atoms with E-state index in [2.05, 4.69) is 15.4 Å². The lowest BCUT2D eigenvalue weighted by molar-refractivity contribution is 0.295. The van der Waals surface area contributed by atoms with E-state index in [0.717, 1.165) is 0 Å². The van der Waals surface area contributed by atoms with Gasteiger partial charge in [0.05, 0.1) is 7.05 Å². The molecule has 7 heteroatoms. The molecule has 0 spiro atoms. The summed E-state index contributed by atoms with van der Waals surface area (Å²) in [5.74, 6) is 1.12. The Labute approximate surface area is 97.7 Å². The Morgan fingerprint density at radius 3 is 3.00 bits per heavy atom. The van der Waals surface area contributed by atoms with Crippen molar-refractivity contribution < 1.29 is 4.74 Å². The van der Waals surface area contributed by atoms with Crippen LogP contribution < -0.4 is 10.5 Å². The molecule has 7 nitrogen and oxygen atoms in total. The van der Waals surface area contributed by atoms with E-state index >= 15 is 0 Å². The number of rotatable bonds is 4. The summed E-state index contributed by atoms with van der Waals surface area (Å²) in [4.78, 5) is 1.37. The largest absolute Gasteiger partial charge is 0.485 e. The number of tetrazole rings is 1. The van der Waals surface area contributed by atoms with Crippen LogP contribution in [-0.2, 0) is 13.7 Å². The Bertz CT molecular complexity index is 535. The van der Waals surface area contributed by atoms with Crippen molar-refractivity contribution in [1.82, 2.24) is 20.2 Å². The van der Waals surface area contributed by atoms with Gasteiger partial charge >= 0.3 is 0 Å². The normalized spacial score (nSPS) is 10.2. The maximum Gasteiger partial charge on any atom is 0.212 e. The van der Waals surface area contributed by atoms with Crippen LogP contribution in [0.15, 0.2) is 24.3 Å². The third-order valence-electron chi connectivity index (χ3n) is 2.06. The molecule has 0 amide bonds. The van der Waals surface area contributed by atoms with E-state index in [0.29, 0.717) is 17.1 Å². The SMILES string of the molecule is Cn1nnc(COc2cccc(C(=N)N)c2)n1. The van der Waals surface area contributed by atoms with Crippen molar-refractivity contribution in [2.24, 2.45) is 12.8 Å². The van der Waals surface area contributed by atoms with Gasteiger partial charge in [-0.15, -0.1) is 10.2 Å². The van der Waals surface area contributed by atoms with Crippen LogP contribution in [0, 0.1) is 5.41 Å². The zero-order valence-corrected chi connectivity index (χ0v) is 9.29. The Kier molecular flexibility index (Phi) is 2.99. The molecular weight excluding hydrogens is 220 g/mol. The average molecular weight is 232 g/mol. The highest BCUT2D eigenvalue weighted by Crippen LogP contribution is 2.13. The minimum absolute atomic E-state index is 0.00748. The molecule has 1 aromatic heterocycles. The molecule has 0 atom stereocenters. The summed E-state index contributed by atoms with van der Waals surface area (Å²) >= 11 is 0. The molecule has 0 aliphatic rings. The third-order valence-corrected chi connectivity index (χ3v) is 2.06. The van der Waals surface area contributed by atoms with E-state index in [1.165, 1.54) is 4.80 Å². The lowest BCUT2D eigenvalue weighted by Crippen LogP contribution is -2.11. The molecule has 2 rings (SSSR count). The number of nitrogens with one attached hydrogen (secondary N) is 1. The first kappa shape index (κ1) is 11.1. The van der Waals surface area contributed by atoms with Crippen molar-refractivity contribution in [3.63, 3.8) is 0 Å². The van der Waals surface area contributed by atoms with Gasteiger partial charge < -0.3 is 10.5 Å². The lowest BCUT2D eigenvalue weighted by Gasteiger charge is -2.04. The average Bonchev–Trinajstić information content (AvgIpc) is 2.73. The second-order valence-electron chi connectivity index (χ2n) is 3.43. The Balaban J connectivity index is 2.04. The van der Waals surface area contributed by atoms with E-state index in [9.17, 15) is 0 Å². The Morgan fingerprint density at radius 2 is 2.35 bits per heavy atom. The van der Waals surface area contributed by atoms with Crippen LogP contribution in [0.25, 0.3) is 0 Å². The van der Waals surface area contributed by atoms with Gasteiger partial charge in [0.15, 0.2) is 6.61 Å². The molecular formula is C10H12N6O. The molecule has 3 N–H and O–H groups in total. The second kappa shape index (κ2) is 4.60. The van der Waals surface area contributed by atoms with Gasteiger partial charge in [-0.25, -0.2) is 0 Å². The maximum absolute atomic E-state index is 7.32. The van der Waals surface area contributed by atoms with Gasteiger partial charge in [-0.1, -0.05) is 12.1 Å². The number of hydrogen-bond donors (Lipinski definition) is 2. The van der Waals surface area contributed by atoms with Crippen LogP contribution in [0.4, 0.5) is 0 Å². The highest BCUT2D eigenvalue weighted by molar-refractivity contribution is 5.95. The molecule has 0 radical (unpaired) electrons. The number of ether oxygens (including phenoxy) is 1. The highest BCUT2D eigenvalue weighted by atomic mass is 16.5. The zero-order chi connectivity index (χ0) is 12.3. The summed E-state index contributed by atoms with van der Waals surface area (Å²) in [7, 11) is 1.69. The van der Waals surface area contributed by atoms with Crippen molar-refractivity contribution >= 4 is 5.84 Å². The lowest BCUT2D eigenvalue weighted by atomic mass is 10.2. The topological polar surface area (TPSA) is 103 Å². The van der Waals surface area contributed by atoms with Crippen molar-refractivity contribution in [2.45, 2.75) is 6.61 Å². The Hall–Kier alpha value is -2.44. The summed E-state index contributed by atoms with van der Waals surface area (Å²) in [5, 5.41) is 18.8. The fourth-order valence-electron chi connectivity index (χ4n) is 1.28. The Morgan fingerprint density at radius 1 is 1.53 bits per heavy atom. The van der Waals surface area contributed by atoms with Gasteiger partial charge in [-0.3, -0.25) is 5.41 Å². The van der Waals surface area contributed by atoms with Gasteiger partial charge in [0.1, 0.15) is 11.6 Å². The van der Waals surface area contributed by atoms with Gasteiger partial charge in [-0.05, 0) is 17.3 Å². The highest BCUT2D eigenvalue weighted by Gasteiger charge is 2.03. The van der Waals surface area contributed by atoms with Crippen molar-refractivity contribution in [3.05, 3.63) is 35.7 Å². The quantitative estimate of drug-likeness (QED) is 0.573. The standard InChI is InChI=1S/C10H12N6O/c1-16-14-9(13-15-16)6-17-8-4-2-3-7(5-8)10(11)12/h2-5H,6H2,1H3,(H3,11,12). The van der Waals surface area contributed by atoms with Crippen molar-refractivity contribution in [1.29, 1.82) is 5.41 Å². The first-order chi connectivity index (χ1) is 8.15. The molecule has 0 aliphatic heterocycles. The monoisotopic (exact) mass is 232 g/mol. The number of benzene rings is 1. The molecule has 0 fully saturated rings. The van der Waals surface area contributed by atoms with E-state index in [4.69, 9.17) is 15.9 Å². The number of aromatic nitrogens is 4. The number of aryl methyl sites for hydroxylation is 1. The summed E-state index contributed by atoms with van der Waals surface area (Å²) in [5.41, 5.74) is 6.00. The van der Waals surface area contributed by atoms with Crippen LogP contribution in [0.2, 0.25) is 0 Å². The summed E-state index contributed by atoms with van der Waals surface area (Å²) in [6.45, 7) is 0.231. The number of nitrogens with two attached hydrogens (primary N) is 1. The van der Waals surface area contributed by atoms with Gasteiger partial charge in [0, 0.05) is 5.56 Å². The van der Waals surface area contributed by atoms with E-state index in [1.807, 2.05) is 0 Å². The van der Waals surface area contributed by atoms with E-state index < -0.39 is 0 Å². The fourth-order valence-corrected chi connectivity index (χ4v) is 1.28. The molecule has 1 heterocycles. The zero-order valence-electron chi connectivity index (χ0n) is 9.29. The molecule has 0 saturated heterocycles. The summed E-state index contributed by atoms with van der Waals surface area (Å²) in [6, 6.07) is 6.99. The predicted molar refractivity (Wildman–Crippen MR) is 60.6 cm³/mol. The minimum Gasteiger partial charge on any atom is -0.485 e. The first-order valence-corrected chi connectivity index (χ1v) is 4.95. The molecule has 17 heavy (non-hydrogen) atoms. The second-order valence-corrected chi connectivity index (χ2v) is 3.43. The molecule has 0 aliphatic carbocycles. The fraction of sp³-hybridized carbons (Fsp3) is 0.200. The van der Waals surface area contributed by atoms with Crippen LogP contribution in [0.5, 0.6) is 5.75 Å². The van der Waals surface area contributed by atoms with Gasteiger partial charge in [-0.2, -0.15) is 4.80 Å². The van der Waals surface area contributed by atoms with E-state index in [1.54, 1.807) is 31.3 Å². The number of nitrogens with zero attached hydrogens (tertiary/aromatic N) is 4. The van der Waals surface area contributed by atoms with Crippen LogP contribution >= 0.6 is 0 Å². The smallest absolute Gasteiger partial charge is 0.212 e. The van der Waals surface area contributed by atoms with Crippen LogP contribution in [0.3, 0.4) is 0 Å². The van der Waals surface area contributed by atoms with Gasteiger partial charge in [0.2, 0.25) is 5.82 Å². The number of hydrogen-bond acceptors (Lipinski definition) is 5. The third kappa shape index (κ3) is 2.77. The molecule has 0 unspecified atom stereocenters. The van der Waals surface area contributed by atoms with Gasteiger partial charge in [0.25, 0.3) is 0 Å². The molecule has 88 valence electrons. The minimum atomic E-state index is 0.00748. The number of amidine groups is 1. The maximum atomic E-state index is 7.32. The summed E-state index contributed by atoms with van der Waals surface area (Å²) in [6.07, 6.45) is 0. The number of nitrogen functional groups attached to an aromatic ring is 1. The van der Waals surface area contributed by atoms with Crippen molar-refractivity contribution in [2.75, 3.05) is 0 Å². The van der Waals surface area contributed by atoms with E-state index in [-0.39, 0.29) is 12.4 Å². The van der Waals surface area contributed by atoms with Crippen LogP contribution in [-0.4, -0.2) is 26.0 Å². The first-order valence-electron chi connectivity index (χ1n) is 4.95. The molecule has 1 aromatic carbocycles. The predicted octanol–water partition coefficient (Wildman–Crippen LogP) is 0.0732.